The van der Waals surface area contributed by atoms with Gasteiger partial charge in [-0.15, -0.1) is 0 Å². The lowest BCUT2D eigenvalue weighted by atomic mass is 9.86. The molecule has 0 radical (unpaired) electrons. The zero-order valence-electron chi connectivity index (χ0n) is 11.6. The molecule has 118 valence electrons. The highest BCUT2D eigenvalue weighted by atomic mass is 35.5. The van der Waals surface area contributed by atoms with Crippen LogP contribution in [0.25, 0.3) is 0 Å². The fourth-order valence-corrected chi connectivity index (χ4v) is 3.73. The minimum atomic E-state index is -3.42. The van der Waals surface area contributed by atoms with Gasteiger partial charge in [0.15, 0.2) is 0 Å². The molecule has 1 saturated heterocycles. The van der Waals surface area contributed by atoms with E-state index in [0.717, 1.165) is 32.2 Å². The Bertz CT molecular complexity index is 616. The van der Waals surface area contributed by atoms with E-state index in [9.17, 15) is 13.5 Å². The van der Waals surface area contributed by atoms with Crippen LogP contribution in [0.2, 0.25) is 10.0 Å². The number of aromatic hydroxyl groups is 1. The van der Waals surface area contributed by atoms with Crippen LogP contribution in [0.15, 0.2) is 12.1 Å². The van der Waals surface area contributed by atoms with E-state index in [0.29, 0.717) is 10.6 Å². The summed E-state index contributed by atoms with van der Waals surface area (Å²) in [5.41, 5.74) is 0.460. The molecule has 0 saturated carbocycles. The highest BCUT2D eigenvalue weighted by molar-refractivity contribution is 7.88. The van der Waals surface area contributed by atoms with Crippen molar-refractivity contribution in [2.75, 3.05) is 19.3 Å². The largest absolute Gasteiger partial charge is 0.508 e. The first-order chi connectivity index (χ1) is 9.78. The fourth-order valence-electron chi connectivity index (χ4n) is 2.62. The van der Waals surface area contributed by atoms with Crippen molar-refractivity contribution in [1.82, 2.24) is 10.0 Å². The van der Waals surface area contributed by atoms with Crippen LogP contribution in [-0.2, 0) is 10.0 Å². The van der Waals surface area contributed by atoms with Gasteiger partial charge in [0, 0.05) is 11.6 Å². The summed E-state index contributed by atoms with van der Waals surface area (Å²) in [5.74, 6) is 0.0354. The van der Waals surface area contributed by atoms with Gasteiger partial charge in [0.05, 0.1) is 22.3 Å². The smallest absolute Gasteiger partial charge is 0.209 e. The molecular formula is C13H18Cl2N2O3S. The van der Waals surface area contributed by atoms with Gasteiger partial charge < -0.3 is 10.4 Å². The van der Waals surface area contributed by atoms with Gasteiger partial charge in [0.2, 0.25) is 10.0 Å². The number of sulfonamides is 1. The van der Waals surface area contributed by atoms with Gasteiger partial charge in [-0.05, 0) is 37.9 Å². The van der Waals surface area contributed by atoms with Crippen LogP contribution in [0.4, 0.5) is 0 Å². The normalized spacial score (nSPS) is 18.6. The summed E-state index contributed by atoms with van der Waals surface area (Å²) < 4.78 is 25.9. The average molecular weight is 353 g/mol. The molecule has 2 rings (SSSR count). The third kappa shape index (κ3) is 4.47. The number of hydrogen-bond donors (Lipinski definition) is 3. The molecule has 21 heavy (non-hydrogen) atoms. The molecule has 1 aromatic carbocycles. The lowest BCUT2D eigenvalue weighted by molar-refractivity contribution is 0.301. The lowest BCUT2D eigenvalue weighted by Crippen LogP contribution is -2.38. The Morgan fingerprint density at radius 1 is 1.29 bits per heavy atom. The molecule has 8 heteroatoms. The number of piperidine rings is 1. The van der Waals surface area contributed by atoms with Crippen LogP contribution in [0.5, 0.6) is 5.75 Å². The molecule has 0 bridgehead atoms. The first-order valence-corrected chi connectivity index (χ1v) is 9.28. The maximum absolute atomic E-state index is 11.7. The van der Waals surface area contributed by atoms with E-state index in [-0.39, 0.29) is 16.7 Å². The minimum absolute atomic E-state index is 0.0518. The first kappa shape index (κ1) is 16.8. The molecule has 0 aromatic heterocycles. The third-order valence-electron chi connectivity index (χ3n) is 3.60. The molecule has 0 aliphatic carbocycles. The number of benzene rings is 1. The monoisotopic (exact) mass is 352 g/mol. The van der Waals surface area contributed by atoms with Gasteiger partial charge in [-0.1, -0.05) is 23.2 Å². The first-order valence-electron chi connectivity index (χ1n) is 6.64. The summed E-state index contributed by atoms with van der Waals surface area (Å²) in [6.07, 6.45) is 2.73. The zero-order valence-corrected chi connectivity index (χ0v) is 13.9. The Morgan fingerprint density at radius 3 is 2.43 bits per heavy atom. The lowest BCUT2D eigenvalue weighted by Gasteiger charge is -2.31. The molecule has 0 amide bonds. The number of phenolic OH excluding ortho intramolecular Hbond substituents is 1. The molecular weight excluding hydrogens is 335 g/mol. The molecule has 1 aliphatic heterocycles. The molecule has 5 nitrogen and oxygen atoms in total. The topological polar surface area (TPSA) is 78.4 Å². The van der Waals surface area contributed by atoms with E-state index >= 15 is 0 Å². The van der Waals surface area contributed by atoms with Gasteiger partial charge in [0.1, 0.15) is 5.75 Å². The SMILES string of the molecule is CS(=O)(=O)NC(c1cc(Cl)c(Cl)cc1O)C1CCNCC1. The maximum Gasteiger partial charge on any atom is 0.209 e. The van der Waals surface area contributed by atoms with Crippen LogP contribution in [-0.4, -0.2) is 32.9 Å². The second kappa shape index (κ2) is 6.71. The van der Waals surface area contributed by atoms with Crippen molar-refractivity contribution >= 4 is 33.2 Å². The molecule has 1 heterocycles. The molecule has 1 unspecified atom stereocenters. The minimum Gasteiger partial charge on any atom is -0.508 e. The third-order valence-corrected chi connectivity index (χ3v) is 5.01. The Morgan fingerprint density at radius 2 is 1.86 bits per heavy atom. The summed E-state index contributed by atoms with van der Waals surface area (Å²) in [7, 11) is -3.42. The van der Waals surface area contributed by atoms with Crippen molar-refractivity contribution in [2.45, 2.75) is 18.9 Å². The van der Waals surface area contributed by atoms with E-state index < -0.39 is 16.1 Å². The van der Waals surface area contributed by atoms with Gasteiger partial charge in [-0.25, -0.2) is 13.1 Å². The maximum atomic E-state index is 11.7. The van der Waals surface area contributed by atoms with E-state index in [4.69, 9.17) is 23.2 Å². The molecule has 1 atom stereocenters. The van der Waals surface area contributed by atoms with Crippen molar-refractivity contribution in [3.63, 3.8) is 0 Å². The van der Waals surface area contributed by atoms with Crippen LogP contribution in [0, 0.1) is 5.92 Å². The van der Waals surface area contributed by atoms with Crippen LogP contribution >= 0.6 is 23.2 Å². The highest BCUT2D eigenvalue weighted by Crippen LogP contribution is 2.38. The standard InChI is InChI=1S/C13H18Cl2N2O3S/c1-21(19,20)17-13(8-2-4-16-5-3-8)9-6-10(14)11(15)7-12(9)18/h6-8,13,16-18H,2-5H2,1H3. The quantitative estimate of drug-likeness (QED) is 0.776. The Kier molecular flexibility index (Phi) is 5.38. The predicted octanol–water partition coefficient (Wildman–Crippen LogP) is 2.29. The number of halogens is 2. The van der Waals surface area contributed by atoms with Crippen molar-refractivity contribution < 1.29 is 13.5 Å². The van der Waals surface area contributed by atoms with Crippen molar-refractivity contribution in [2.24, 2.45) is 5.92 Å². The summed E-state index contributed by atoms with van der Waals surface area (Å²) in [6, 6.07) is 2.36. The zero-order chi connectivity index (χ0) is 15.6. The van der Waals surface area contributed by atoms with Gasteiger partial charge in [0.25, 0.3) is 0 Å². The number of rotatable bonds is 4. The molecule has 0 spiro atoms. The number of phenols is 1. The van der Waals surface area contributed by atoms with Crippen LogP contribution in [0.1, 0.15) is 24.4 Å². The second-order valence-electron chi connectivity index (χ2n) is 5.28. The van der Waals surface area contributed by atoms with Crippen LogP contribution in [0.3, 0.4) is 0 Å². The van der Waals surface area contributed by atoms with Gasteiger partial charge in [-0.2, -0.15) is 0 Å². The highest BCUT2D eigenvalue weighted by Gasteiger charge is 2.29. The second-order valence-corrected chi connectivity index (χ2v) is 7.87. The predicted molar refractivity (Wildman–Crippen MR) is 84.4 cm³/mol. The van der Waals surface area contributed by atoms with Crippen LogP contribution < -0.4 is 10.0 Å². The van der Waals surface area contributed by atoms with E-state index in [1.54, 1.807) is 0 Å². The Labute approximate surface area is 134 Å². The summed E-state index contributed by atoms with van der Waals surface area (Å²) in [4.78, 5) is 0. The van der Waals surface area contributed by atoms with Gasteiger partial charge in [-0.3, -0.25) is 0 Å². The number of hydrogen-bond acceptors (Lipinski definition) is 4. The van der Waals surface area contributed by atoms with Gasteiger partial charge >= 0.3 is 0 Å². The molecule has 1 fully saturated rings. The summed E-state index contributed by atoms with van der Waals surface area (Å²) in [5, 5.41) is 13.9. The van der Waals surface area contributed by atoms with Crippen molar-refractivity contribution in [3.05, 3.63) is 27.7 Å². The van der Waals surface area contributed by atoms with Crippen molar-refractivity contribution in [1.29, 1.82) is 0 Å². The Balaban J connectivity index is 2.41. The number of nitrogens with one attached hydrogen (secondary N) is 2. The van der Waals surface area contributed by atoms with E-state index in [1.807, 2.05) is 0 Å². The summed E-state index contributed by atoms with van der Waals surface area (Å²) >= 11 is 11.9. The molecule has 3 N–H and O–H groups in total. The Hall–Kier alpha value is -0.530. The van der Waals surface area contributed by atoms with E-state index in [1.165, 1.54) is 12.1 Å². The molecule has 1 aromatic rings. The molecule has 1 aliphatic rings. The summed E-state index contributed by atoms with van der Waals surface area (Å²) in [6.45, 7) is 1.63. The van der Waals surface area contributed by atoms with Crippen molar-refractivity contribution in [3.8, 4) is 5.75 Å². The van der Waals surface area contributed by atoms with E-state index in [2.05, 4.69) is 10.0 Å². The average Bonchev–Trinajstić information content (AvgIpc) is 2.40. The fraction of sp³-hybridized carbons (Fsp3) is 0.538.